The van der Waals surface area contributed by atoms with Crippen LogP contribution >= 0.6 is 0 Å². The Kier molecular flexibility index (Phi) is 4.33. The van der Waals surface area contributed by atoms with Crippen molar-refractivity contribution >= 4 is 11.7 Å². The number of aliphatic hydroxyl groups is 1. The van der Waals surface area contributed by atoms with Crippen LogP contribution in [0.1, 0.15) is 48.4 Å². The normalized spacial score (nSPS) is 22.5. The number of hydrogen-bond acceptors (Lipinski definition) is 5. The fourth-order valence-corrected chi connectivity index (χ4v) is 3.03. The Balaban J connectivity index is 1.78. The van der Waals surface area contributed by atoms with Gasteiger partial charge in [-0.1, -0.05) is 19.3 Å². The highest BCUT2D eigenvalue weighted by atomic mass is 16.3. The molecular weight excluding hydrogens is 282 g/mol. The van der Waals surface area contributed by atoms with Gasteiger partial charge in [-0.2, -0.15) is 4.98 Å². The molecule has 0 aliphatic heterocycles. The summed E-state index contributed by atoms with van der Waals surface area (Å²) in [6.45, 7) is 1.99. The number of aryl methyl sites for hydroxylation is 1. The highest BCUT2D eigenvalue weighted by Crippen LogP contribution is 2.23. The molecule has 2 atom stereocenters. The van der Waals surface area contributed by atoms with Crippen molar-refractivity contribution in [1.82, 2.24) is 24.9 Å². The van der Waals surface area contributed by atoms with Crippen LogP contribution in [0.2, 0.25) is 0 Å². The van der Waals surface area contributed by atoms with Gasteiger partial charge in [0.05, 0.1) is 0 Å². The van der Waals surface area contributed by atoms with Crippen LogP contribution in [0.5, 0.6) is 0 Å². The number of carbonyl (C=O) groups is 1. The van der Waals surface area contributed by atoms with Crippen LogP contribution in [-0.2, 0) is 0 Å². The Labute approximate surface area is 128 Å². The van der Waals surface area contributed by atoms with Gasteiger partial charge in [-0.25, -0.2) is 9.50 Å². The fourth-order valence-electron chi connectivity index (χ4n) is 3.03. The number of aliphatic hydroxyl groups excluding tert-OH is 1. The minimum Gasteiger partial charge on any atom is -0.396 e. The van der Waals surface area contributed by atoms with E-state index in [-0.39, 0.29) is 30.3 Å². The number of carbonyl (C=O) groups excluding carboxylic acids is 1. The SMILES string of the molecule is Cc1ccnc2nc(C(=O)NC3CCCCCC3CO)nn12. The summed E-state index contributed by atoms with van der Waals surface area (Å²) in [7, 11) is 0. The highest BCUT2D eigenvalue weighted by molar-refractivity contribution is 5.91. The molecule has 0 radical (unpaired) electrons. The first-order valence-electron chi connectivity index (χ1n) is 7.79. The van der Waals surface area contributed by atoms with Gasteiger partial charge >= 0.3 is 0 Å². The summed E-state index contributed by atoms with van der Waals surface area (Å²) in [4.78, 5) is 20.7. The molecule has 0 spiro atoms. The molecule has 2 unspecified atom stereocenters. The number of rotatable bonds is 3. The third kappa shape index (κ3) is 2.94. The molecular formula is C15H21N5O2. The van der Waals surface area contributed by atoms with Gasteiger partial charge in [-0.15, -0.1) is 5.10 Å². The molecule has 2 N–H and O–H groups in total. The molecule has 22 heavy (non-hydrogen) atoms. The van der Waals surface area contributed by atoms with Gasteiger partial charge in [0.25, 0.3) is 11.7 Å². The molecule has 118 valence electrons. The number of amides is 1. The van der Waals surface area contributed by atoms with Gasteiger partial charge in [0.1, 0.15) is 0 Å². The first kappa shape index (κ1) is 14.9. The van der Waals surface area contributed by atoms with Crippen LogP contribution in [0.4, 0.5) is 0 Å². The molecule has 1 fully saturated rings. The van der Waals surface area contributed by atoms with Gasteiger partial charge in [0.2, 0.25) is 5.82 Å². The van der Waals surface area contributed by atoms with Crippen molar-refractivity contribution in [1.29, 1.82) is 0 Å². The zero-order valence-electron chi connectivity index (χ0n) is 12.7. The molecule has 1 aliphatic carbocycles. The lowest BCUT2D eigenvalue weighted by atomic mass is 9.95. The Morgan fingerprint density at radius 2 is 2.23 bits per heavy atom. The Morgan fingerprint density at radius 3 is 3.00 bits per heavy atom. The summed E-state index contributed by atoms with van der Waals surface area (Å²) in [5, 5.41) is 16.7. The molecule has 2 heterocycles. The standard InChI is InChI=1S/C15H21N5O2/c1-10-7-8-16-15-18-13(19-20(10)15)14(22)17-12-6-4-2-3-5-11(12)9-21/h7-8,11-12,21H,2-6,9H2,1H3,(H,17,22). The van der Waals surface area contributed by atoms with E-state index in [1.54, 1.807) is 10.7 Å². The zero-order valence-corrected chi connectivity index (χ0v) is 12.7. The lowest BCUT2D eigenvalue weighted by Gasteiger charge is -2.23. The van der Waals surface area contributed by atoms with Gasteiger partial charge in [0, 0.05) is 30.5 Å². The van der Waals surface area contributed by atoms with E-state index < -0.39 is 0 Å². The van der Waals surface area contributed by atoms with Crippen molar-refractivity contribution in [2.75, 3.05) is 6.61 Å². The summed E-state index contributed by atoms with van der Waals surface area (Å²) in [6, 6.07) is 1.80. The molecule has 1 aliphatic rings. The molecule has 7 nitrogen and oxygen atoms in total. The van der Waals surface area contributed by atoms with E-state index in [2.05, 4.69) is 20.4 Å². The maximum atomic E-state index is 12.4. The smallest absolute Gasteiger partial charge is 0.291 e. The first-order chi connectivity index (χ1) is 10.7. The lowest BCUT2D eigenvalue weighted by molar-refractivity contribution is 0.0889. The summed E-state index contributed by atoms with van der Waals surface area (Å²) in [5.41, 5.74) is 0.874. The van der Waals surface area contributed by atoms with Gasteiger partial charge in [0.15, 0.2) is 0 Å². The minimum absolute atomic E-state index is 0.0133. The van der Waals surface area contributed by atoms with E-state index in [0.29, 0.717) is 5.78 Å². The second-order valence-corrected chi connectivity index (χ2v) is 5.89. The fraction of sp³-hybridized carbons (Fsp3) is 0.600. The van der Waals surface area contributed by atoms with Gasteiger partial charge in [-0.3, -0.25) is 4.79 Å². The minimum atomic E-state index is -0.296. The number of aromatic nitrogens is 4. The number of fused-ring (bicyclic) bond motifs is 1. The number of nitrogens with one attached hydrogen (secondary N) is 1. The maximum Gasteiger partial charge on any atom is 0.291 e. The van der Waals surface area contributed by atoms with Crippen LogP contribution in [0.25, 0.3) is 5.78 Å². The largest absolute Gasteiger partial charge is 0.396 e. The summed E-state index contributed by atoms with van der Waals surface area (Å²) < 4.78 is 1.56. The molecule has 2 aromatic heterocycles. The molecule has 1 amide bonds. The van der Waals surface area contributed by atoms with Crippen LogP contribution in [0.3, 0.4) is 0 Å². The van der Waals surface area contributed by atoms with Gasteiger partial charge < -0.3 is 10.4 Å². The second-order valence-electron chi connectivity index (χ2n) is 5.89. The summed E-state index contributed by atoms with van der Waals surface area (Å²) in [5.74, 6) is 0.367. The third-order valence-electron chi connectivity index (χ3n) is 4.34. The first-order valence-corrected chi connectivity index (χ1v) is 7.79. The number of hydrogen-bond donors (Lipinski definition) is 2. The predicted octanol–water partition coefficient (Wildman–Crippen LogP) is 1.10. The molecule has 0 saturated heterocycles. The predicted molar refractivity (Wildman–Crippen MR) is 80.4 cm³/mol. The van der Waals surface area contributed by atoms with Crippen LogP contribution in [0.15, 0.2) is 12.3 Å². The van der Waals surface area contributed by atoms with Crippen LogP contribution in [0, 0.1) is 12.8 Å². The van der Waals surface area contributed by atoms with Crippen LogP contribution in [-0.4, -0.2) is 43.2 Å². The van der Waals surface area contributed by atoms with Crippen molar-refractivity contribution in [3.8, 4) is 0 Å². The van der Waals surface area contributed by atoms with Crippen molar-refractivity contribution in [3.05, 3.63) is 23.8 Å². The van der Waals surface area contributed by atoms with Crippen molar-refractivity contribution in [3.63, 3.8) is 0 Å². The zero-order chi connectivity index (χ0) is 15.5. The second kappa shape index (κ2) is 6.39. The van der Waals surface area contributed by atoms with E-state index in [9.17, 15) is 9.90 Å². The Morgan fingerprint density at radius 1 is 1.41 bits per heavy atom. The van der Waals surface area contributed by atoms with Crippen molar-refractivity contribution in [2.24, 2.45) is 5.92 Å². The molecule has 3 rings (SSSR count). The highest BCUT2D eigenvalue weighted by Gasteiger charge is 2.26. The number of nitrogens with zero attached hydrogens (tertiary/aromatic N) is 4. The Bertz CT molecular complexity index is 669. The van der Waals surface area contributed by atoms with E-state index in [4.69, 9.17) is 0 Å². The third-order valence-corrected chi connectivity index (χ3v) is 4.34. The van der Waals surface area contributed by atoms with E-state index >= 15 is 0 Å². The molecule has 1 saturated carbocycles. The average Bonchev–Trinajstić information content (AvgIpc) is 2.84. The topological polar surface area (TPSA) is 92.4 Å². The van der Waals surface area contributed by atoms with E-state index in [0.717, 1.165) is 37.8 Å². The summed E-state index contributed by atoms with van der Waals surface area (Å²) >= 11 is 0. The molecule has 7 heteroatoms. The van der Waals surface area contributed by atoms with Gasteiger partial charge in [-0.05, 0) is 25.8 Å². The molecule has 0 bridgehead atoms. The van der Waals surface area contributed by atoms with Crippen molar-refractivity contribution < 1.29 is 9.90 Å². The average molecular weight is 303 g/mol. The Hall–Kier alpha value is -2.02. The summed E-state index contributed by atoms with van der Waals surface area (Å²) in [6.07, 6.45) is 6.81. The van der Waals surface area contributed by atoms with E-state index in [1.807, 2.05) is 13.0 Å². The van der Waals surface area contributed by atoms with Crippen LogP contribution < -0.4 is 5.32 Å². The quantitative estimate of drug-likeness (QED) is 0.828. The monoisotopic (exact) mass is 303 g/mol. The maximum absolute atomic E-state index is 12.4. The van der Waals surface area contributed by atoms with E-state index in [1.165, 1.54) is 0 Å². The molecule has 2 aromatic rings. The molecule has 0 aromatic carbocycles. The van der Waals surface area contributed by atoms with Crippen molar-refractivity contribution in [2.45, 2.75) is 45.1 Å². The lowest BCUT2D eigenvalue weighted by Crippen LogP contribution is -2.41.